The monoisotopic (exact) mass is 304 g/mol. The third-order valence-electron chi connectivity index (χ3n) is 4.99. The van der Waals surface area contributed by atoms with E-state index in [9.17, 15) is 4.79 Å². The molecule has 0 aromatic rings. The molecule has 22 heavy (non-hydrogen) atoms. The zero-order valence-corrected chi connectivity index (χ0v) is 13.8. The number of esters is 1. The molecule has 4 atom stereocenters. The van der Waals surface area contributed by atoms with Crippen molar-refractivity contribution in [1.82, 2.24) is 10.2 Å². The van der Waals surface area contributed by atoms with Crippen LogP contribution in [0.2, 0.25) is 0 Å². The van der Waals surface area contributed by atoms with Crippen LogP contribution >= 0.6 is 0 Å². The van der Waals surface area contributed by atoms with Crippen LogP contribution in [0.5, 0.6) is 0 Å². The van der Waals surface area contributed by atoms with E-state index in [-0.39, 0.29) is 18.0 Å². The third-order valence-corrected chi connectivity index (χ3v) is 4.99. The fourth-order valence-corrected chi connectivity index (χ4v) is 3.83. The highest BCUT2D eigenvalue weighted by atomic mass is 16.5. The van der Waals surface area contributed by atoms with E-state index in [1.54, 1.807) is 0 Å². The molecule has 3 rings (SSSR count). The first-order chi connectivity index (χ1) is 10.6. The lowest BCUT2D eigenvalue weighted by molar-refractivity contribution is -0.159. The fraction of sp³-hybridized carbons (Fsp3) is 0.722. The van der Waals surface area contributed by atoms with Gasteiger partial charge in [0.05, 0.1) is 12.0 Å². The number of fused-ring (bicyclic) bond motifs is 1. The van der Waals surface area contributed by atoms with Crippen molar-refractivity contribution in [3.05, 3.63) is 23.8 Å². The zero-order valence-electron chi connectivity index (χ0n) is 13.8. The summed E-state index contributed by atoms with van der Waals surface area (Å²) in [5, 5.41) is 3.54. The van der Waals surface area contributed by atoms with Crippen LogP contribution in [-0.4, -0.2) is 49.2 Å². The number of hydrogen-bond donors (Lipinski definition) is 1. The van der Waals surface area contributed by atoms with Gasteiger partial charge < -0.3 is 15.0 Å². The van der Waals surface area contributed by atoms with Crippen molar-refractivity contribution in [3.63, 3.8) is 0 Å². The number of rotatable bonds is 3. The predicted molar refractivity (Wildman–Crippen MR) is 87.5 cm³/mol. The topological polar surface area (TPSA) is 41.6 Å². The van der Waals surface area contributed by atoms with Crippen molar-refractivity contribution >= 4 is 5.97 Å². The molecule has 2 saturated heterocycles. The molecule has 0 aromatic carbocycles. The summed E-state index contributed by atoms with van der Waals surface area (Å²) in [6.07, 6.45) is 9.83. The summed E-state index contributed by atoms with van der Waals surface area (Å²) in [6.45, 7) is 8.81. The number of allylic oxidation sites excluding steroid dienone is 2. The van der Waals surface area contributed by atoms with E-state index in [1.165, 1.54) is 18.5 Å². The number of carbonyl (C=O) groups excluding carboxylic acids is 1. The first kappa shape index (κ1) is 15.8. The molecular weight excluding hydrogens is 276 g/mol. The van der Waals surface area contributed by atoms with Crippen molar-refractivity contribution in [1.29, 1.82) is 0 Å². The molecular formula is C18H28N2O2. The number of ether oxygens (including phenoxy) is 1. The fourth-order valence-electron chi connectivity index (χ4n) is 3.83. The number of hydrogen-bond acceptors (Lipinski definition) is 4. The predicted octanol–water partition coefficient (Wildman–Crippen LogP) is 2.12. The minimum absolute atomic E-state index is 0.0512. The van der Waals surface area contributed by atoms with Gasteiger partial charge in [0.2, 0.25) is 0 Å². The maximum Gasteiger partial charge on any atom is 0.313 e. The SMILES string of the molecule is CC1CN(CCC2=CC3CC(C)OC(=O)C3C=C2)CCCN1. The summed E-state index contributed by atoms with van der Waals surface area (Å²) < 4.78 is 5.34. The molecule has 4 nitrogen and oxygen atoms in total. The molecule has 4 heteroatoms. The second-order valence-corrected chi connectivity index (χ2v) is 7.03. The minimum Gasteiger partial charge on any atom is -0.462 e. The van der Waals surface area contributed by atoms with Gasteiger partial charge in [-0.3, -0.25) is 4.79 Å². The number of nitrogens with one attached hydrogen (secondary N) is 1. The van der Waals surface area contributed by atoms with Crippen LogP contribution in [-0.2, 0) is 9.53 Å². The van der Waals surface area contributed by atoms with Crippen LogP contribution < -0.4 is 5.32 Å². The number of nitrogens with zero attached hydrogens (tertiary/aromatic N) is 1. The van der Waals surface area contributed by atoms with Crippen molar-refractivity contribution in [3.8, 4) is 0 Å². The summed E-state index contributed by atoms with van der Waals surface area (Å²) in [6, 6.07) is 0.580. The highest BCUT2D eigenvalue weighted by molar-refractivity contribution is 5.76. The summed E-state index contributed by atoms with van der Waals surface area (Å²) in [7, 11) is 0. The smallest absolute Gasteiger partial charge is 0.313 e. The van der Waals surface area contributed by atoms with Gasteiger partial charge in [0.1, 0.15) is 0 Å². The van der Waals surface area contributed by atoms with Gasteiger partial charge in [-0.15, -0.1) is 0 Å². The van der Waals surface area contributed by atoms with Gasteiger partial charge in [-0.05, 0) is 52.1 Å². The quantitative estimate of drug-likeness (QED) is 0.811. The molecule has 1 aliphatic carbocycles. The van der Waals surface area contributed by atoms with E-state index in [2.05, 4.69) is 35.4 Å². The van der Waals surface area contributed by atoms with Crippen molar-refractivity contribution in [2.75, 3.05) is 26.2 Å². The molecule has 0 amide bonds. The van der Waals surface area contributed by atoms with Crippen LogP contribution in [0.4, 0.5) is 0 Å². The van der Waals surface area contributed by atoms with Gasteiger partial charge in [0, 0.05) is 19.1 Å². The molecule has 0 spiro atoms. The largest absolute Gasteiger partial charge is 0.462 e. The molecule has 0 aromatic heterocycles. The Morgan fingerprint density at radius 1 is 1.41 bits per heavy atom. The lowest BCUT2D eigenvalue weighted by atomic mass is 9.80. The number of carbonyl (C=O) groups is 1. The summed E-state index contributed by atoms with van der Waals surface area (Å²) >= 11 is 0. The Labute approximate surface area is 133 Å². The first-order valence-corrected chi connectivity index (χ1v) is 8.67. The lowest BCUT2D eigenvalue weighted by Crippen LogP contribution is -2.37. The second-order valence-electron chi connectivity index (χ2n) is 7.03. The third kappa shape index (κ3) is 3.79. The molecule has 2 aliphatic heterocycles. The normalized spacial score (nSPS) is 36.3. The van der Waals surface area contributed by atoms with Gasteiger partial charge in [0.15, 0.2) is 0 Å². The molecule has 122 valence electrons. The molecule has 2 heterocycles. The lowest BCUT2D eigenvalue weighted by Gasteiger charge is -2.33. The van der Waals surface area contributed by atoms with Crippen molar-refractivity contribution < 1.29 is 9.53 Å². The molecule has 3 aliphatic rings. The van der Waals surface area contributed by atoms with E-state index in [0.29, 0.717) is 12.0 Å². The first-order valence-electron chi connectivity index (χ1n) is 8.67. The van der Waals surface area contributed by atoms with Crippen LogP contribution in [0.25, 0.3) is 0 Å². The Morgan fingerprint density at radius 3 is 3.14 bits per heavy atom. The maximum atomic E-state index is 11.9. The molecule has 0 saturated carbocycles. The highest BCUT2D eigenvalue weighted by Gasteiger charge is 2.35. The van der Waals surface area contributed by atoms with Crippen LogP contribution in [0.15, 0.2) is 23.8 Å². The molecule has 0 radical (unpaired) electrons. The highest BCUT2D eigenvalue weighted by Crippen LogP contribution is 2.33. The van der Waals surface area contributed by atoms with E-state index < -0.39 is 0 Å². The minimum atomic E-state index is -0.0534. The summed E-state index contributed by atoms with van der Waals surface area (Å²) in [5.74, 6) is 0.228. The molecule has 4 unspecified atom stereocenters. The van der Waals surface area contributed by atoms with Gasteiger partial charge in [-0.1, -0.05) is 23.8 Å². The van der Waals surface area contributed by atoms with Gasteiger partial charge >= 0.3 is 5.97 Å². The van der Waals surface area contributed by atoms with E-state index in [4.69, 9.17) is 4.74 Å². The van der Waals surface area contributed by atoms with Crippen molar-refractivity contribution in [2.45, 2.75) is 45.3 Å². The Bertz CT molecular complexity index is 472. The average molecular weight is 304 g/mol. The van der Waals surface area contributed by atoms with Gasteiger partial charge in [-0.2, -0.15) is 0 Å². The summed E-state index contributed by atoms with van der Waals surface area (Å²) in [5.41, 5.74) is 1.38. The van der Waals surface area contributed by atoms with Crippen LogP contribution in [0.3, 0.4) is 0 Å². The van der Waals surface area contributed by atoms with E-state index in [0.717, 1.165) is 32.5 Å². The van der Waals surface area contributed by atoms with Gasteiger partial charge in [0.25, 0.3) is 0 Å². The zero-order chi connectivity index (χ0) is 15.5. The van der Waals surface area contributed by atoms with E-state index in [1.807, 2.05) is 6.92 Å². The average Bonchev–Trinajstić information content (AvgIpc) is 2.68. The van der Waals surface area contributed by atoms with Crippen molar-refractivity contribution in [2.24, 2.45) is 11.8 Å². The van der Waals surface area contributed by atoms with Crippen LogP contribution in [0, 0.1) is 11.8 Å². The molecule has 2 fully saturated rings. The Morgan fingerprint density at radius 2 is 2.27 bits per heavy atom. The Hall–Kier alpha value is -1.13. The second kappa shape index (κ2) is 6.97. The molecule has 0 bridgehead atoms. The summed E-state index contributed by atoms with van der Waals surface area (Å²) in [4.78, 5) is 14.5. The van der Waals surface area contributed by atoms with Crippen LogP contribution in [0.1, 0.15) is 33.1 Å². The van der Waals surface area contributed by atoms with E-state index >= 15 is 0 Å². The molecule has 1 N–H and O–H groups in total. The Kier molecular flexibility index (Phi) is 4.99. The Balaban J connectivity index is 1.56. The number of cyclic esters (lactones) is 1. The van der Waals surface area contributed by atoms with Gasteiger partial charge in [-0.25, -0.2) is 0 Å². The maximum absolute atomic E-state index is 11.9. The standard InChI is InChI=1S/C18H28N2O2/c1-13-12-20(8-3-7-19-13)9-6-15-4-5-17-16(11-15)10-14(2)22-18(17)21/h4-5,11,13-14,16-17,19H,3,6-10,12H2,1-2H3.